The van der Waals surface area contributed by atoms with Gasteiger partial charge in [0.15, 0.2) is 0 Å². The summed E-state index contributed by atoms with van der Waals surface area (Å²) in [6.07, 6.45) is 4.06. The smallest absolute Gasteiger partial charge is 0.112 e. The summed E-state index contributed by atoms with van der Waals surface area (Å²) in [4.78, 5) is 0. The zero-order chi connectivity index (χ0) is 8.34. The molecule has 1 nitrogen and oxygen atoms in total. The normalized spacial score (nSPS) is 62.5. The predicted octanol–water partition coefficient (Wildman–Crippen LogP) is 1.90. The lowest BCUT2D eigenvalue weighted by molar-refractivity contribution is -0.143. The van der Waals surface area contributed by atoms with E-state index < -0.39 is 5.67 Å². The molecular weight excluding hydrogens is 155 g/mol. The van der Waals surface area contributed by atoms with Crippen molar-refractivity contribution in [3.63, 3.8) is 0 Å². The molecule has 4 bridgehead atoms. The molecule has 0 saturated heterocycles. The molecule has 0 spiro atoms. The van der Waals surface area contributed by atoms with Crippen molar-refractivity contribution in [2.24, 2.45) is 17.8 Å². The molecule has 0 amide bonds. The van der Waals surface area contributed by atoms with Gasteiger partial charge in [-0.1, -0.05) is 0 Å². The van der Waals surface area contributed by atoms with Gasteiger partial charge in [0, 0.05) is 0 Å². The maximum absolute atomic E-state index is 13.9. The first-order valence-corrected chi connectivity index (χ1v) is 5.03. The van der Waals surface area contributed by atoms with E-state index in [1.54, 1.807) is 0 Å². The molecule has 0 radical (unpaired) electrons. The highest BCUT2D eigenvalue weighted by Crippen LogP contribution is 2.57. The number of hydrogen-bond donors (Lipinski definition) is 1. The van der Waals surface area contributed by atoms with Crippen LogP contribution in [0.25, 0.3) is 0 Å². The zero-order valence-corrected chi connectivity index (χ0v) is 7.17. The Balaban J connectivity index is 1.95. The van der Waals surface area contributed by atoms with Crippen LogP contribution in [0, 0.1) is 17.8 Å². The molecule has 4 fully saturated rings. The van der Waals surface area contributed by atoms with E-state index in [-0.39, 0.29) is 6.10 Å². The van der Waals surface area contributed by atoms with Gasteiger partial charge in [-0.15, -0.1) is 0 Å². The molecule has 2 heteroatoms. The molecule has 1 N–H and O–H groups in total. The Morgan fingerprint density at radius 1 is 1.08 bits per heavy atom. The van der Waals surface area contributed by atoms with Gasteiger partial charge in [0.25, 0.3) is 0 Å². The van der Waals surface area contributed by atoms with E-state index in [4.69, 9.17) is 0 Å². The lowest BCUT2D eigenvalue weighted by Gasteiger charge is -2.55. The Bertz CT molecular complexity index is 200. The van der Waals surface area contributed by atoms with Crippen LogP contribution in [0.1, 0.15) is 32.1 Å². The summed E-state index contributed by atoms with van der Waals surface area (Å²) in [5.41, 5.74) is -0.879. The molecule has 4 aliphatic carbocycles. The second kappa shape index (κ2) is 2.03. The highest BCUT2D eigenvalue weighted by Gasteiger charge is 2.55. The van der Waals surface area contributed by atoms with Crippen molar-refractivity contribution in [2.75, 3.05) is 0 Å². The first-order chi connectivity index (χ1) is 5.66. The summed E-state index contributed by atoms with van der Waals surface area (Å²) < 4.78 is 13.9. The van der Waals surface area contributed by atoms with E-state index in [0.29, 0.717) is 30.6 Å². The van der Waals surface area contributed by atoms with Gasteiger partial charge in [0.1, 0.15) is 5.67 Å². The lowest BCUT2D eigenvalue weighted by Crippen LogP contribution is -2.54. The van der Waals surface area contributed by atoms with E-state index in [0.717, 1.165) is 19.3 Å². The van der Waals surface area contributed by atoms with E-state index >= 15 is 0 Å². The molecule has 4 aliphatic rings. The molecular formula is C10H15FO. The summed E-state index contributed by atoms with van der Waals surface area (Å²) in [7, 11) is 0. The predicted molar refractivity (Wildman–Crippen MR) is 43.4 cm³/mol. The SMILES string of the molecule is OC1[C@@H]2CC3C[C@H]1CC(F)(C3)C2. The lowest BCUT2D eigenvalue weighted by atomic mass is 9.54. The molecule has 0 heterocycles. The van der Waals surface area contributed by atoms with Gasteiger partial charge in [-0.25, -0.2) is 4.39 Å². The maximum atomic E-state index is 13.9. The van der Waals surface area contributed by atoms with Crippen molar-refractivity contribution in [3.8, 4) is 0 Å². The molecule has 12 heavy (non-hydrogen) atoms. The van der Waals surface area contributed by atoms with Crippen LogP contribution in [0.2, 0.25) is 0 Å². The molecule has 4 rings (SSSR count). The Morgan fingerprint density at radius 3 is 2.17 bits per heavy atom. The summed E-state index contributed by atoms with van der Waals surface area (Å²) in [6.45, 7) is 0. The third kappa shape index (κ3) is 0.819. The number of hydrogen-bond acceptors (Lipinski definition) is 1. The van der Waals surface area contributed by atoms with Gasteiger partial charge in [-0.3, -0.25) is 0 Å². The van der Waals surface area contributed by atoms with Crippen molar-refractivity contribution in [3.05, 3.63) is 0 Å². The van der Waals surface area contributed by atoms with Crippen LogP contribution in [0.5, 0.6) is 0 Å². The van der Waals surface area contributed by atoms with Crippen LogP contribution in [-0.4, -0.2) is 16.9 Å². The van der Waals surface area contributed by atoms with Gasteiger partial charge in [0.05, 0.1) is 6.10 Å². The van der Waals surface area contributed by atoms with Crippen LogP contribution in [0.3, 0.4) is 0 Å². The third-order valence-corrected chi connectivity index (χ3v) is 4.15. The molecule has 0 aromatic heterocycles. The minimum Gasteiger partial charge on any atom is -0.393 e. The summed E-state index contributed by atoms with van der Waals surface area (Å²) >= 11 is 0. The minimum absolute atomic E-state index is 0.176. The second-order valence-corrected chi connectivity index (χ2v) is 5.11. The monoisotopic (exact) mass is 170 g/mol. The van der Waals surface area contributed by atoms with Crippen molar-refractivity contribution in [1.29, 1.82) is 0 Å². The van der Waals surface area contributed by atoms with Crippen molar-refractivity contribution in [2.45, 2.75) is 43.9 Å². The minimum atomic E-state index is -0.879. The van der Waals surface area contributed by atoms with E-state index in [1.165, 1.54) is 0 Å². The van der Waals surface area contributed by atoms with Gasteiger partial charge in [0.2, 0.25) is 0 Å². The largest absolute Gasteiger partial charge is 0.393 e. The molecule has 4 saturated carbocycles. The second-order valence-electron chi connectivity index (χ2n) is 5.11. The molecule has 5 atom stereocenters. The summed E-state index contributed by atoms with van der Waals surface area (Å²) in [6, 6.07) is 0. The highest BCUT2D eigenvalue weighted by atomic mass is 19.1. The Hall–Kier alpha value is -0.110. The number of aliphatic hydroxyl groups excluding tert-OH is 1. The average Bonchev–Trinajstić information content (AvgIpc) is 1.96. The van der Waals surface area contributed by atoms with Crippen molar-refractivity contribution < 1.29 is 9.50 Å². The number of aliphatic hydroxyl groups is 1. The fourth-order valence-corrected chi connectivity index (χ4v) is 3.90. The third-order valence-electron chi connectivity index (χ3n) is 4.15. The van der Waals surface area contributed by atoms with Crippen LogP contribution in [-0.2, 0) is 0 Å². The molecule has 3 unspecified atom stereocenters. The molecule has 0 aliphatic heterocycles. The molecule has 68 valence electrons. The summed E-state index contributed by atoms with van der Waals surface area (Å²) in [5.74, 6) is 1.18. The fraction of sp³-hybridized carbons (Fsp3) is 1.00. The quantitative estimate of drug-likeness (QED) is 0.588. The summed E-state index contributed by atoms with van der Waals surface area (Å²) in [5, 5.41) is 9.77. The van der Waals surface area contributed by atoms with Gasteiger partial charge < -0.3 is 5.11 Å². The fourth-order valence-electron chi connectivity index (χ4n) is 3.90. The average molecular weight is 170 g/mol. The van der Waals surface area contributed by atoms with Gasteiger partial charge >= 0.3 is 0 Å². The zero-order valence-electron chi connectivity index (χ0n) is 7.17. The van der Waals surface area contributed by atoms with Crippen molar-refractivity contribution >= 4 is 0 Å². The van der Waals surface area contributed by atoms with E-state index in [2.05, 4.69) is 0 Å². The topological polar surface area (TPSA) is 20.2 Å². The van der Waals surface area contributed by atoms with E-state index in [9.17, 15) is 9.50 Å². The maximum Gasteiger partial charge on any atom is 0.112 e. The first-order valence-electron chi connectivity index (χ1n) is 5.03. The highest BCUT2D eigenvalue weighted by molar-refractivity contribution is 5.05. The van der Waals surface area contributed by atoms with Crippen LogP contribution < -0.4 is 0 Å². The van der Waals surface area contributed by atoms with Crippen LogP contribution in [0.15, 0.2) is 0 Å². The first kappa shape index (κ1) is 7.31. The number of halogens is 1. The van der Waals surface area contributed by atoms with E-state index in [1.807, 2.05) is 0 Å². The van der Waals surface area contributed by atoms with Gasteiger partial charge in [-0.05, 0) is 49.9 Å². The van der Waals surface area contributed by atoms with Crippen molar-refractivity contribution in [1.82, 2.24) is 0 Å². The van der Waals surface area contributed by atoms with Crippen LogP contribution in [0.4, 0.5) is 4.39 Å². The Kier molecular flexibility index (Phi) is 1.24. The Morgan fingerprint density at radius 2 is 1.67 bits per heavy atom. The number of rotatable bonds is 0. The Labute approximate surface area is 72.0 Å². The molecule has 0 aromatic rings. The number of alkyl halides is 1. The molecule has 0 aromatic carbocycles. The van der Waals surface area contributed by atoms with Crippen LogP contribution >= 0.6 is 0 Å². The van der Waals surface area contributed by atoms with Gasteiger partial charge in [-0.2, -0.15) is 0 Å². The standard InChI is InChI=1S/C10H15FO/c11-10-3-6-1-7(4-10)9(12)8(2-6)5-10/h6-9,12H,1-5H2/t6?,7-,8+,9?,10?.